The van der Waals surface area contributed by atoms with Gasteiger partial charge in [-0.3, -0.25) is 15.1 Å². The van der Waals surface area contributed by atoms with Gasteiger partial charge in [-0.25, -0.2) is 0 Å². The molecule has 0 aliphatic heterocycles. The third-order valence-corrected chi connectivity index (χ3v) is 2.97. The minimum absolute atomic E-state index is 0.233. The number of hydrogen-bond donors (Lipinski definition) is 0. The summed E-state index contributed by atoms with van der Waals surface area (Å²) in [6, 6.07) is 7.37. The van der Waals surface area contributed by atoms with Gasteiger partial charge in [0.05, 0.1) is 4.92 Å². The highest BCUT2D eigenvalue weighted by molar-refractivity contribution is 5.79. The quantitative estimate of drug-likeness (QED) is 0.239. The van der Waals surface area contributed by atoms with E-state index >= 15 is 0 Å². The largest absolute Gasteiger partial charge is 0.292 e. The number of para-hydroxylation sites is 1. The third-order valence-electron chi connectivity index (χ3n) is 2.97. The maximum Gasteiger partial charge on any atom is 0.272 e. The lowest BCUT2D eigenvalue weighted by Crippen LogP contribution is -1.99. The number of nitrogens with zero attached hydrogens (tertiary/aromatic N) is 2. The predicted molar refractivity (Wildman–Crippen MR) is 115 cm³/mol. The monoisotopic (exact) mass is 362 g/mol. The van der Waals surface area contributed by atoms with Gasteiger partial charge in [0, 0.05) is 23.4 Å². The highest BCUT2D eigenvalue weighted by atomic mass is 16.6. The predicted octanol–water partition coefficient (Wildman–Crippen LogP) is 6.89. The average molecular weight is 363 g/mol. The van der Waals surface area contributed by atoms with Crippen molar-refractivity contribution in [2.45, 2.75) is 74.3 Å². The standard InChI is InChI=1S/C10H13NO2.C6H13N.C6H12/c1-8(2)7-9-5-3-4-6-10(9)11(12)13;1-5(2)7-6(3)4;1-4-5-6(2)3/h3-6,8H,7H2,1-2H3;5H,1-4H3;4,6H,1,5H2,2-3H3. The van der Waals surface area contributed by atoms with Crippen molar-refractivity contribution in [2.75, 3.05) is 0 Å². The fourth-order valence-corrected chi connectivity index (χ4v) is 2.15. The summed E-state index contributed by atoms with van der Waals surface area (Å²) in [7, 11) is 0. The van der Waals surface area contributed by atoms with Crippen LogP contribution < -0.4 is 0 Å². The van der Waals surface area contributed by atoms with Gasteiger partial charge in [0.15, 0.2) is 0 Å². The van der Waals surface area contributed by atoms with Gasteiger partial charge in [0.2, 0.25) is 0 Å². The first-order valence-corrected chi connectivity index (χ1v) is 9.35. The number of benzene rings is 1. The van der Waals surface area contributed by atoms with Crippen molar-refractivity contribution < 1.29 is 4.92 Å². The molecule has 0 unspecified atom stereocenters. The summed E-state index contributed by atoms with van der Waals surface area (Å²) in [5.74, 6) is 1.23. The highest BCUT2D eigenvalue weighted by Gasteiger charge is 2.12. The molecule has 4 nitrogen and oxygen atoms in total. The molecule has 0 aliphatic rings. The molecule has 148 valence electrons. The Bertz CT molecular complexity index is 543. The third kappa shape index (κ3) is 16.9. The van der Waals surface area contributed by atoms with Crippen LogP contribution in [0.2, 0.25) is 0 Å². The van der Waals surface area contributed by atoms with E-state index in [0.29, 0.717) is 12.0 Å². The molecule has 0 N–H and O–H groups in total. The first-order valence-electron chi connectivity index (χ1n) is 9.35. The number of hydrogen-bond acceptors (Lipinski definition) is 3. The van der Waals surface area contributed by atoms with Crippen molar-refractivity contribution in [3.8, 4) is 0 Å². The second-order valence-corrected chi connectivity index (χ2v) is 7.57. The van der Waals surface area contributed by atoms with Gasteiger partial charge in [-0.05, 0) is 52.4 Å². The fraction of sp³-hybridized carbons (Fsp3) is 0.591. The fourth-order valence-electron chi connectivity index (χ4n) is 2.15. The zero-order valence-electron chi connectivity index (χ0n) is 18.0. The van der Waals surface area contributed by atoms with Gasteiger partial charge >= 0.3 is 0 Å². The molecule has 0 amide bonds. The van der Waals surface area contributed by atoms with Crippen LogP contribution in [0.15, 0.2) is 41.9 Å². The van der Waals surface area contributed by atoms with Crippen LogP contribution in [-0.4, -0.2) is 16.7 Å². The zero-order chi connectivity index (χ0) is 20.7. The molecule has 1 aromatic rings. The maximum absolute atomic E-state index is 10.6. The summed E-state index contributed by atoms with van der Waals surface area (Å²) in [5.41, 5.74) is 2.22. The van der Waals surface area contributed by atoms with E-state index in [1.807, 2.05) is 32.1 Å². The Balaban J connectivity index is 0. The van der Waals surface area contributed by atoms with Crippen molar-refractivity contribution in [1.82, 2.24) is 0 Å². The van der Waals surface area contributed by atoms with E-state index in [4.69, 9.17) is 0 Å². The Morgan fingerprint density at radius 3 is 1.92 bits per heavy atom. The molecule has 0 radical (unpaired) electrons. The molecule has 26 heavy (non-hydrogen) atoms. The van der Waals surface area contributed by atoms with Crippen LogP contribution in [0.5, 0.6) is 0 Å². The molecule has 0 bridgehead atoms. The van der Waals surface area contributed by atoms with Gasteiger partial charge in [-0.15, -0.1) is 6.58 Å². The lowest BCUT2D eigenvalue weighted by molar-refractivity contribution is -0.385. The van der Waals surface area contributed by atoms with Crippen LogP contribution in [0.3, 0.4) is 0 Å². The van der Waals surface area contributed by atoms with E-state index < -0.39 is 0 Å². The Hall–Kier alpha value is -1.97. The van der Waals surface area contributed by atoms with Crippen molar-refractivity contribution in [2.24, 2.45) is 16.8 Å². The van der Waals surface area contributed by atoms with E-state index in [-0.39, 0.29) is 10.6 Å². The molecule has 0 saturated heterocycles. The first kappa shape index (κ1) is 26.3. The molecule has 1 rings (SSSR count). The van der Waals surface area contributed by atoms with E-state index in [2.05, 4.69) is 53.1 Å². The number of aliphatic imine (C=N–C) groups is 1. The zero-order valence-corrected chi connectivity index (χ0v) is 18.0. The van der Waals surface area contributed by atoms with Gasteiger partial charge in [-0.2, -0.15) is 0 Å². The van der Waals surface area contributed by atoms with Crippen molar-refractivity contribution >= 4 is 11.4 Å². The van der Waals surface area contributed by atoms with Crippen molar-refractivity contribution in [1.29, 1.82) is 0 Å². The molecule has 0 atom stereocenters. The Labute approximate surface area is 160 Å². The molecular weight excluding hydrogens is 324 g/mol. The molecule has 0 heterocycles. The average Bonchev–Trinajstić information content (AvgIpc) is 2.46. The number of nitro groups is 1. The van der Waals surface area contributed by atoms with E-state index in [1.165, 1.54) is 0 Å². The van der Waals surface area contributed by atoms with Crippen molar-refractivity contribution in [3.63, 3.8) is 0 Å². The molecular formula is C22H38N2O2. The summed E-state index contributed by atoms with van der Waals surface area (Å²) >= 11 is 0. The van der Waals surface area contributed by atoms with Crippen LogP contribution in [-0.2, 0) is 6.42 Å². The lowest BCUT2D eigenvalue weighted by atomic mass is 10.0. The molecule has 0 aromatic heterocycles. The summed E-state index contributed by atoms with van der Waals surface area (Å²) in [6.07, 6.45) is 3.85. The minimum Gasteiger partial charge on any atom is -0.292 e. The Morgan fingerprint density at radius 1 is 1.12 bits per heavy atom. The molecule has 4 heteroatoms. The smallest absolute Gasteiger partial charge is 0.272 e. The van der Waals surface area contributed by atoms with Gasteiger partial charge in [0.25, 0.3) is 5.69 Å². The maximum atomic E-state index is 10.6. The van der Waals surface area contributed by atoms with Crippen LogP contribution in [0.1, 0.15) is 67.4 Å². The summed E-state index contributed by atoms with van der Waals surface area (Å²) in [6.45, 7) is 20.3. The molecule has 0 aliphatic carbocycles. The van der Waals surface area contributed by atoms with Crippen LogP contribution in [0.25, 0.3) is 0 Å². The molecule has 0 saturated carbocycles. The van der Waals surface area contributed by atoms with E-state index in [9.17, 15) is 10.1 Å². The first-order chi connectivity index (χ1) is 12.0. The van der Waals surface area contributed by atoms with Crippen LogP contribution >= 0.6 is 0 Å². The van der Waals surface area contributed by atoms with Gasteiger partial charge in [0.1, 0.15) is 0 Å². The minimum atomic E-state index is -0.322. The summed E-state index contributed by atoms with van der Waals surface area (Å²) in [5, 5.41) is 10.6. The van der Waals surface area contributed by atoms with Crippen LogP contribution in [0, 0.1) is 22.0 Å². The number of nitro benzene ring substituents is 1. The van der Waals surface area contributed by atoms with Gasteiger partial charge < -0.3 is 0 Å². The Morgan fingerprint density at radius 2 is 1.65 bits per heavy atom. The van der Waals surface area contributed by atoms with Crippen molar-refractivity contribution in [3.05, 3.63) is 52.6 Å². The van der Waals surface area contributed by atoms with Crippen LogP contribution in [0.4, 0.5) is 5.69 Å². The summed E-state index contributed by atoms with van der Waals surface area (Å²) < 4.78 is 0. The molecule has 0 spiro atoms. The normalized spacial score (nSPS) is 9.81. The van der Waals surface area contributed by atoms with E-state index in [0.717, 1.165) is 30.0 Å². The summed E-state index contributed by atoms with van der Waals surface area (Å²) in [4.78, 5) is 14.5. The SMILES string of the molecule is C=CCC(C)C.CC(C)=NC(C)C.CC(C)Cc1ccccc1[N+](=O)[O-]. The van der Waals surface area contributed by atoms with Gasteiger partial charge in [-0.1, -0.05) is 52.0 Å². The number of allylic oxidation sites excluding steroid dienone is 1. The Kier molecular flexibility index (Phi) is 15.5. The number of rotatable bonds is 6. The molecule has 1 aromatic carbocycles. The topological polar surface area (TPSA) is 55.5 Å². The molecule has 0 fully saturated rings. The second kappa shape index (κ2) is 15.3. The highest BCUT2D eigenvalue weighted by Crippen LogP contribution is 2.20. The van der Waals surface area contributed by atoms with E-state index in [1.54, 1.807) is 12.1 Å². The second-order valence-electron chi connectivity index (χ2n) is 7.57. The lowest BCUT2D eigenvalue weighted by Gasteiger charge is -2.04.